The van der Waals surface area contributed by atoms with Crippen LogP contribution in [0.1, 0.15) is 5.56 Å². The zero-order valence-corrected chi connectivity index (χ0v) is 9.06. The molecule has 0 spiro atoms. The first-order valence-electron chi connectivity index (χ1n) is 4.48. The van der Waals surface area contributed by atoms with Crippen LogP contribution in [0.25, 0.3) is 0 Å². The summed E-state index contributed by atoms with van der Waals surface area (Å²) in [5.74, 6) is -0.345. The predicted molar refractivity (Wildman–Crippen MR) is 57.0 cm³/mol. The van der Waals surface area contributed by atoms with Crippen molar-refractivity contribution in [2.24, 2.45) is 0 Å². The molecule has 0 amide bonds. The van der Waals surface area contributed by atoms with E-state index in [1.54, 1.807) is 0 Å². The first-order chi connectivity index (χ1) is 8.36. The van der Waals surface area contributed by atoms with Gasteiger partial charge in [-0.3, -0.25) is 30.3 Å². The summed E-state index contributed by atoms with van der Waals surface area (Å²) in [5, 5.41) is 31.7. The van der Waals surface area contributed by atoms with Crippen LogP contribution in [-0.2, 0) is 6.54 Å². The molecular weight excluding hydrogens is 250 g/mol. The molecule has 0 unspecified atom stereocenters. The molecular formula is C8H7N3O7. The molecule has 0 saturated carbocycles. The average Bonchev–Trinajstić information content (AvgIpc) is 2.26. The van der Waals surface area contributed by atoms with E-state index in [2.05, 4.69) is 0 Å². The van der Waals surface area contributed by atoms with Crippen molar-refractivity contribution >= 4 is 11.4 Å². The Bertz CT molecular complexity index is 528. The van der Waals surface area contributed by atoms with E-state index >= 15 is 0 Å². The molecule has 0 bridgehead atoms. The lowest BCUT2D eigenvalue weighted by Crippen LogP contribution is -2.05. The lowest BCUT2D eigenvalue weighted by atomic mass is 10.1. The van der Waals surface area contributed by atoms with Crippen LogP contribution >= 0.6 is 0 Å². The smallest absolute Gasteiger partial charge is 0.318 e. The van der Waals surface area contributed by atoms with Gasteiger partial charge in [0.15, 0.2) is 0 Å². The number of hydrogen-bond acceptors (Lipinski definition) is 7. The Hall–Kier alpha value is -2.78. The van der Waals surface area contributed by atoms with Gasteiger partial charge in [-0.2, -0.15) is 0 Å². The molecule has 1 rings (SSSR count). The van der Waals surface area contributed by atoms with Crippen molar-refractivity contribution in [3.05, 3.63) is 48.0 Å². The zero-order valence-electron chi connectivity index (χ0n) is 9.06. The SMILES string of the molecule is COc1c(C[N+](=O)[O-])cc([N+](=O)[O-])cc1[N+](=O)[O-]. The summed E-state index contributed by atoms with van der Waals surface area (Å²) in [4.78, 5) is 29.2. The third-order valence-electron chi connectivity index (χ3n) is 2.04. The van der Waals surface area contributed by atoms with Crippen molar-refractivity contribution in [1.82, 2.24) is 0 Å². The van der Waals surface area contributed by atoms with Gasteiger partial charge >= 0.3 is 5.69 Å². The summed E-state index contributed by atoms with van der Waals surface area (Å²) in [6.07, 6.45) is 0. The fourth-order valence-corrected chi connectivity index (χ4v) is 1.39. The van der Waals surface area contributed by atoms with Crippen LogP contribution in [0.3, 0.4) is 0 Å². The van der Waals surface area contributed by atoms with Crippen molar-refractivity contribution < 1.29 is 19.5 Å². The lowest BCUT2D eigenvalue weighted by molar-refractivity contribution is -0.497. The van der Waals surface area contributed by atoms with Crippen LogP contribution < -0.4 is 4.74 Å². The van der Waals surface area contributed by atoms with Crippen LogP contribution in [0.4, 0.5) is 11.4 Å². The van der Waals surface area contributed by atoms with Crippen molar-refractivity contribution in [2.45, 2.75) is 6.54 Å². The molecule has 0 aliphatic rings. The molecule has 0 fully saturated rings. The van der Waals surface area contributed by atoms with Crippen molar-refractivity contribution in [3.8, 4) is 5.75 Å². The maximum absolute atomic E-state index is 10.7. The fourth-order valence-electron chi connectivity index (χ4n) is 1.39. The molecule has 0 aliphatic heterocycles. The second-order valence-corrected chi connectivity index (χ2v) is 3.16. The molecule has 1 aromatic carbocycles. The minimum atomic E-state index is -0.894. The van der Waals surface area contributed by atoms with E-state index in [0.29, 0.717) is 6.07 Å². The van der Waals surface area contributed by atoms with Gasteiger partial charge in [0.25, 0.3) is 5.69 Å². The van der Waals surface area contributed by atoms with Gasteiger partial charge in [-0.05, 0) is 0 Å². The summed E-state index contributed by atoms with van der Waals surface area (Å²) >= 11 is 0. The number of nitrogens with zero attached hydrogens (tertiary/aromatic N) is 3. The van der Waals surface area contributed by atoms with Crippen LogP contribution in [-0.4, -0.2) is 21.9 Å². The van der Waals surface area contributed by atoms with Gasteiger partial charge in [-0.15, -0.1) is 0 Å². The van der Waals surface area contributed by atoms with Gasteiger partial charge in [-0.25, -0.2) is 0 Å². The van der Waals surface area contributed by atoms with E-state index in [4.69, 9.17) is 4.74 Å². The Morgan fingerprint density at radius 1 is 1.11 bits per heavy atom. The summed E-state index contributed by atoms with van der Waals surface area (Å²) < 4.78 is 4.70. The number of ether oxygens (including phenoxy) is 1. The molecule has 0 N–H and O–H groups in total. The summed E-state index contributed by atoms with van der Waals surface area (Å²) in [5.41, 5.74) is -1.49. The van der Waals surface area contributed by atoms with Crippen LogP contribution in [0, 0.1) is 30.3 Å². The summed E-state index contributed by atoms with van der Waals surface area (Å²) in [7, 11) is 1.09. The highest BCUT2D eigenvalue weighted by Crippen LogP contribution is 2.35. The van der Waals surface area contributed by atoms with Gasteiger partial charge in [0, 0.05) is 11.0 Å². The molecule has 0 atom stereocenters. The van der Waals surface area contributed by atoms with E-state index in [9.17, 15) is 30.3 Å². The number of benzene rings is 1. The number of hydrogen-bond donors (Lipinski definition) is 0. The Kier molecular flexibility index (Phi) is 3.72. The predicted octanol–water partition coefficient (Wildman–Crippen LogP) is 1.29. The summed E-state index contributed by atoms with van der Waals surface area (Å²) in [6, 6.07) is 1.58. The van der Waals surface area contributed by atoms with Crippen molar-refractivity contribution in [1.29, 1.82) is 0 Å². The van der Waals surface area contributed by atoms with Gasteiger partial charge < -0.3 is 4.74 Å². The maximum atomic E-state index is 10.7. The first kappa shape index (κ1) is 13.3. The minimum Gasteiger partial charge on any atom is -0.490 e. The molecule has 0 aliphatic carbocycles. The summed E-state index contributed by atoms with van der Waals surface area (Å²) in [6.45, 7) is -0.800. The molecule has 10 heteroatoms. The topological polar surface area (TPSA) is 139 Å². The second-order valence-electron chi connectivity index (χ2n) is 3.16. The second kappa shape index (κ2) is 5.03. The fraction of sp³-hybridized carbons (Fsp3) is 0.250. The largest absolute Gasteiger partial charge is 0.490 e. The Morgan fingerprint density at radius 2 is 1.72 bits per heavy atom. The minimum absolute atomic E-state index is 0.219. The number of methoxy groups -OCH3 is 1. The zero-order chi connectivity index (χ0) is 13.9. The number of non-ortho nitro benzene ring substituents is 1. The van der Waals surface area contributed by atoms with Gasteiger partial charge in [0.05, 0.1) is 28.6 Å². The maximum Gasteiger partial charge on any atom is 0.318 e. The Morgan fingerprint density at radius 3 is 2.11 bits per heavy atom. The van der Waals surface area contributed by atoms with E-state index in [1.165, 1.54) is 0 Å². The monoisotopic (exact) mass is 257 g/mol. The Balaban J connectivity index is 3.50. The molecule has 1 aromatic rings. The number of nitro groups is 3. The highest BCUT2D eigenvalue weighted by molar-refractivity contribution is 5.58. The molecule has 0 saturated heterocycles. The molecule has 10 nitrogen and oxygen atoms in total. The third kappa shape index (κ3) is 2.66. The van der Waals surface area contributed by atoms with Crippen LogP contribution in [0.2, 0.25) is 0 Å². The standard InChI is InChI=1S/C8H7N3O7/c1-18-8-5(4-9(12)13)2-6(10(14)15)3-7(8)11(16)17/h2-3H,4H2,1H3. The molecule has 18 heavy (non-hydrogen) atoms. The number of nitro benzene ring substituents is 2. The van der Waals surface area contributed by atoms with E-state index in [-0.39, 0.29) is 11.3 Å². The molecule has 0 heterocycles. The Labute approximate surface area is 99.2 Å². The lowest BCUT2D eigenvalue weighted by Gasteiger charge is -2.05. The quantitative estimate of drug-likeness (QED) is 0.571. The van der Waals surface area contributed by atoms with Crippen LogP contribution in [0.15, 0.2) is 12.1 Å². The van der Waals surface area contributed by atoms with Crippen LogP contribution in [0.5, 0.6) is 5.75 Å². The third-order valence-corrected chi connectivity index (χ3v) is 2.04. The van der Waals surface area contributed by atoms with E-state index < -0.39 is 32.7 Å². The van der Waals surface area contributed by atoms with Crippen molar-refractivity contribution in [2.75, 3.05) is 7.11 Å². The normalized spacial score (nSPS) is 9.83. The molecule has 96 valence electrons. The van der Waals surface area contributed by atoms with E-state index in [0.717, 1.165) is 13.2 Å². The highest BCUT2D eigenvalue weighted by atomic mass is 16.6. The first-order valence-corrected chi connectivity index (χ1v) is 4.48. The van der Waals surface area contributed by atoms with Gasteiger partial charge in [0.1, 0.15) is 0 Å². The average molecular weight is 257 g/mol. The van der Waals surface area contributed by atoms with Gasteiger partial charge in [-0.1, -0.05) is 0 Å². The molecule has 0 radical (unpaired) electrons. The number of rotatable bonds is 5. The van der Waals surface area contributed by atoms with Gasteiger partial charge in [0.2, 0.25) is 12.3 Å². The van der Waals surface area contributed by atoms with E-state index in [1.807, 2.05) is 0 Å². The van der Waals surface area contributed by atoms with Crippen molar-refractivity contribution in [3.63, 3.8) is 0 Å². The highest BCUT2D eigenvalue weighted by Gasteiger charge is 2.26. The molecule has 0 aromatic heterocycles.